The van der Waals surface area contributed by atoms with Crippen molar-refractivity contribution in [1.29, 1.82) is 0 Å². The zero-order valence-electron chi connectivity index (χ0n) is 1.73. The van der Waals surface area contributed by atoms with Gasteiger partial charge in [-0.3, -0.25) is 0 Å². The third kappa shape index (κ3) is 8.82. The minimum atomic E-state index is 0. The summed E-state index contributed by atoms with van der Waals surface area (Å²) in [5.41, 5.74) is 0. The fourth-order valence-electron chi connectivity index (χ4n) is 0. The summed E-state index contributed by atoms with van der Waals surface area (Å²) in [5.74, 6) is 0. The summed E-state index contributed by atoms with van der Waals surface area (Å²) < 4.78 is 0. The van der Waals surface area contributed by atoms with Crippen molar-refractivity contribution in [2.24, 2.45) is 0 Å². The Labute approximate surface area is 77.2 Å². The number of hydrogen-bond acceptors (Lipinski definition) is 0. The fourth-order valence-corrected chi connectivity index (χ4v) is 0. The molecule has 0 nitrogen and oxygen atoms in total. The van der Waals surface area contributed by atoms with Crippen LogP contribution in [0.25, 0.3) is 0 Å². The monoisotopic (exact) mass is 287 g/mol. The van der Waals surface area contributed by atoms with Gasteiger partial charge in [0.25, 0.3) is 0 Å². The molecule has 0 aromatic heterocycles. The topological polar surface area (TPSA) is 0 Å². The van der Waals surface area contributed by atoms with Crippen molar-refractivity contribution in [3.05, 3.63) is 0 Å². The van der Waals surface area contributed by atoms with Crippen molar-refractivity contribution in [2.75, 3.05) is 0 Å². The maximum absolute atomic E-state index is 0. The predicted molar refractivity (Wildman–Crippen MR) is 0 cm³/mol. The number of hydrogen-bond donors (Lipinski definition) is 0. The van der Waals surface area contributed by atoms with Crippen LogP contribution in [0.4, 0.5) is 0 Å². The van der Waals surface area contributed by atoms with Gasteiger partial charge in [-0.05, 0) is 0 Å². The van der Waals surface area contributed by atoms with E-state index in [9.17, 15) is 0 Å². The van der Waals surface area contributed by atoms with Gasteiger partial charge in [-0.25, -0.2) is 0 Å². The van der Waals surface area contributed by atoms with Crippen molar-refractivity contribution in [1.82, 2.24) is 0 Å². The van der Waals surface area contributed by atoms with E-state index in [1.54, 1.807) is 0 Å². The van der Waals surface area contributed by atoms with Crippen LogP contribution in [0.1, 0.15) is 0 Å². The summed E-state index contributed by atoms with van der Waals surface area (Å²) in [6, 6.07) is 0. The van der Waals surface area contributed by atoms with E-state index in [-0.39, 0.29) is 78.2 Å². The molecule has 0 aromatic rings. The maximum atomic E-state index is 0. The van der Waals surface area contributed by atoms with Crippen molar-refractivity contribution < 1.29 is 78.2 Å². The van der Waals surface area contributed by atoms with Crippen LogP contribution in [0.2, 0.25) is 0 Å². The molecule has 0 amide bonds. The summed E-state index contributed by atoms with van der Waals surface area (Å²) >= 11 is 0. The van der Waals surface area contributed by atoms with Gasteiger partial charge in [0, 0.05) is 78.2 Å². The predicted octanol–water partition coefficient (Wildman–Crippen LogP) is -0.0100. The van der Waals surface area contributed by atoms with Crippen LogP contribution in [-0.4, -0.2) is 0 Å². The molecule has 0 fully saturated rings. The van der Waals surface area contributed by atoms with E-state index in [2.05, 4.69) is 0 Å². The van der Waals surface area contributed by atoms with E-state index >= 15 is 0 Å². The van der Waals surface area contributed by atoms with Crippen LogP contribution in [0, 0.1) is 0 Å². The van der Waals surface area contributed by atoms with Gasteiger partial charge in [0.2, 0.25) is 0 Å². The molecule has 0 unspecified atom stereocenters. The second-order valence-electron chi connectivity index (χ2n) is 0. The molecule has 0 saturated carbocycles. The molecule has 29 valence electrons. The Morgan fingerprint density at radius 2 is 1.00 bits per heavy atom. The molecule has 0 saturated heterocycles. The van der Waals surface area contributed by atoms with Crippen LogP contribution in [0.5, 0.6) is 0 Å². The van der Waals surface area contributed by atoms with Gasteiger partial charge >= 0.3 is 0 Å². The first-order valence-corrected chi connectivity index (χ1v) is 0. The second-order valence-corrected chi connectivity index (χ2v) is 0. The standard InChI is InChI=1S/Cd.Cr.Cu.Ni. The summed E-state index contributed by atoms with van der Waals surface area (Å²) in [4.78, 5) is 0. The van der Waals surface area contributed by atoms with Crippen molar-refractivity contribution >= 4 is 0 Å². The Morgan fingerprint density at radius 1 is 1.00 bits per heavy atom. The maximum Gasteiger partial charge on any atom is 0 e. The summed E-state index contributed by atoms with van der Waals surface area (Å²) in [5, 5.41) is 0. The van der Waals surface area contributed by atoms with E-state index in [0.717, 1.165) is 0 Å². The molecule has 0 heterocycles. The third-order valence-electron chi connectivity index (χ3n) is 0. The number of rotatable bonds is 0. The van der Waals surface area contributed by atoms with Gasteiger partial charge in [-0.1, -0.05) is 0 Å². The molecule has 0 atom stereocenters. The Hall–Kier alpha value is 2.47. The molecule has 0 aliphatic heterocycles. The zero-order chi connectivity index (χ0) is 0. The van der Waals surface area contributed by atoms with Gasteiger partial charge < -0.3 is 0 Å². The van der Waals surface area contributed by atoms with E-state index < -0.39 is 0 Å². The van der Waals surface area contributed by atoms with Crippen LogP contribution in [0.3, 0.4) is 0 Å². The molecule has 4 heteroatoms. The molecular formula is CdCrCuNi. The van der Waals surface area contributed by atoms with Crippen LogP contribution >= 0.6 is 0 Å². The van der Waals surface area contributed by atoms with Gasteiger partial charge in [-0.2, -0.15) is 0 Å². The Kier molecular flexibility index (Phi) is 142. The largest absolute Gasteiger partial charge is 0 e. The Bertz CT molecular complexity index is 8.00. The minimum absolute atomic E-state index is 0. The third-order valence-corrected chi connectivity index (χ3v) is 0. The Balaban J connectivity index is 0. The summed E-state index contributed by atoms with van der Waals surface area (Å²) in [7, 11) is 0. The molecule has 0 rings (SSSR count). The summed E-state index contributed by atoms with van der Waals surface area (Å²) in [6.07, 6.45) is 0. The molecule has 0 bridgehead atoms. The molecule has 0 aliphatic carbocycles. The van der Waals surface area contributed by atoms with Gasteiger partial charge in [0.15, 0.2) is 0 Å². The van der Waals surface area contributed by atoms with Gasteiger partial charge in [0.1, 0.15) is 0 Å². The SMILES string of the molecule is [Cd].[Cr].[Cu].[Ni]. The molecule has 1 radical (unpaired) electrons. The van der Waals surface area contributed by atoms with E-state index in [0.29, 0.717) is 0 Å². The van der Waals surface area contributed by atoms with E-state index in [1.165, 1.54) is 0 Å². The van der Waals surface area contributed by atoms with E-state index in [4.69, 9.17) is 0 Å². The van der Waals surface area contributed by atoms with E-state index in [1.807, 2.05) is 0 Å². The zero-order valence-corrected chi connectivity index (χ0v) is 8.97. The first-order chi connectivity index (χ1) is 0. The van der Waals surface area contributed by atoms with Crippen LogP contribution in [-0.2, 0) is 78.2 Å². The van der Waals surface area contributed by atoms with Crippen LogP contribution < -0.4 is 0 Å². The normalized spacial score (nSPS) is 0. The molecule has 4 heavy (non-hydrogen) atoms. The average molecular weight is 287 g/mol. The molecular weight excluding hydrogens is 287 g/mol. The molecule has 0 spiro atoms. The molecule has 0 aliphatic rings. The van der Waals surface area contributed by atoms with Crippen LogP contribution in [0.15, 0.2) is 0 Å². The van der Waals surface area contributed by atoms with Gasteiger partial charge in [0.05, 0.1) is 0 Å². The van der Waals surface area contributed by atoms with Gasteiger partial charge in [-0.15, -0.1) is 0 Å². The quantitative estimate of drug-likeness (QED) is 0.550. The summed E-state index contributed by atoms with van der Waals surface area (Å²) in [6.45, 7) is 0. The van der Waals surface area contributed by atoms with Crippen molar-refractivity contribution in [2.45, 2.75) is 0 Å². The second kappa shape index (κ2) is 17.9. The first-order valence-electron chi connectivity index (χ1n) is 0. The fraction of sp³-hybridized carbons (Fsp3) is 0. The Morgan fingerprint density at radius 3 is 1.00 bits per heavy atom. The average Bonchev–Trinajstić information content (AvgIpc) is 0. The van der Waals surface area contributed by atoms with Crippen molar-refractivity contribution in [3.8, 4) is 0 Å². The smallest absolute Gasteiger partial charge is 0 e. The minimum Gasteiger partial charge on any atom is 0 e. The van der Waals surface area contributed by atoms with Crippen molar-refractivity contribution in [3.63, 3.8) is 0 Å². The molecule has 0 N–H and O–H groups in total. The first kappa shape index (κ1) is 31.8. The molecule has 0 aromatic carbocycles.